The average molecular weight is 711 g/mol. The van der Waals surface area contributed by atoms with Gasteiger partial charge in [0.25, 0.3) is 11.8 Å². The van der Waals surface area contributed by atoms with Crippen molar-refractivity contribution in [3.8, 4) is 0 Å². The van der Waals surface area contributed by atoms with Crippen molar-refractivity contribution in [3.05, 3.63) is 111 Å². The SMILES string of the molecule is Cc1csc(CN(C)C(=O)c2cc(C(=O)NC(Cc3ccccc3)C(O)CNCc3cncc(C(C)(C)F)c3)cc(N(C)S(C)(=O)=O)c2)n1. The van der Waals surface area contributed by atoms with Gasteiger partial charge in [0.05, 0.1) is 30.6 Å². The van der Waals surface area contributed by atoms with Crippen molar-refractivity contribution in [1.82, 2.24) is 25.5 Å². The Bertz CT molecular complexity index is 1860. The Kier molecular flexibility index (Phi) is 12.3. The lowest BCUT2D eigenvalue weighted by atomic mass is 9.99. The first-order valence-corrected chi connectivity index (χ1v) is 18.4. The van der Waals surface area contributed by atoms with Crippen molar-refractivity contribution < 1.29 is 27.5 Å². The molecule has 2 atom stereocenters. The molecule has 2 aromatic heterocycles. The van der Waals surface area contributed by atoms with Gasteiger partial charge >= 0.3 is 0 Å². The minimum atomic E-state index is -3.73. The Morgan fingerprint density at radius 3 is 2.37 bits per heavy atom. The van der Waals surface area contributed by atoms with Crippen LogP contribution < -0.4 is 14.9 Å². The van der Waals surface area contributed by atoms with Crippen molar-refractivity contribution in [2.75, 3.05) is 31.2 Å². The van der Waals surface area contributed by atoms with Crippen molar-refractivity contribution in [2.45, 2.75) is 58.1 Å². The fourth-order valence-electron chi connectivity index (χ4n) is 5.03. The molecule has 2 unspecified atom stereocenters. The molecule has 0 bridgehead atoms. The number of aliphatic hydroxyl groups is 1. The van der Waals surface area contributed by atoms with Crippen LogP contribution in [0.1, 0.15) is 62.0 Å². The number of pyridine rings is 1. The Morgan fingerprint density at radius 2 is 1.73 bits per heavy atom. The lowest BCUT2D eigenvalue weighted by Gasteiger charge is -2.26. The lowest BCUT2D eigenvalue weighted by Crippen LogP contribution is -2.48. The predicted molar refractivity (Wildman–Crippen MR) is 190 cm³/mol. The van der Waals surface area contributed by atoms with E-state index in [4.69, 9.17) is 0 Å². The highest BCUT2D eigenvalue weighted by molar-refractivity contribution is 7.92. The number of hydrogen-bond acceptors (Lipinski definition) is 9. The van der Waals surface area contributed by atoms with Gasteiger partial charge in [-0.2, -0.15) is 0 Å². The summed E-state index contributed by atoms with van der Waals surface area (Å²) in [6, 6.07) is 14.5. The molecular weight excluding hydrogens is 668 g/mol. The maximum Gasteiger partial charge on any atom is 0.254 e. The zero-order chi connectivity index (χ0) is 35.9. The third-order valence-corrected chi connectivity index (χ3v) is 10.1. The molecule has 0 aliphatic carbocycles. The summed E-state index contributed by atoms with van der Waals surface area (Å²) in [5, 5.41) is 20.0. The van der Waals surface area contributed by atoms with Gasteiger partial charge < -0.3 is 20.6 Å². The molecule has 4 rings (SSSR count). The van der Waals surface area contributed by atoms with E-state index in [0.29, 0.717) is 12.1 Å². The highest BCUT2D eigenvalue weighted by atomic mass is 32.2. The first-order valence-electron chi connectivity index (χ1n) is 15.6. The second kappa shape index (κ2) is 16.0. The second-order valence-corrected chi connectivity index (χ2v) is 15.5. The zero-order valence-corrected chi connectivity index (χ0v) is 30.1. The molecule has 11 nitrogen and oxygen atoms in total. The summed E-state index contributed by atoms with van der Waals surface area (Å²) < 4.78 is 40.4. The number of hydrogen-bond donors (Lipinski definition) is 3. The van der Waals surface area contributed by atoms with Gasteiger partial charge in [0.15, 0.2) is 0 Å². The number of aliphatic hydroxyl groups excluding tert-OH is 1. The molecule has 0 radical (unpaired) electrons. The number of aryl methyl sites for hydroxylation is 1. The number of carbonyl (C=O) groups is 2. The maximum absolute atomic E-state index is 14.5. The summed E-state index contributed by atoms with van der Waals surface area (Å²) in [6.07, 6.45) is 3.35. The normalized spacial score (nSPS) is 13.1. The molecule has 3 N–H and O–H groups in total. The minimum absolute atomic E-state index is 0.0461. The summed E-state index contributed by atoms with van der Waals surface area (Å²) in [6.45, 7) is 5.39. The van der Waals surface area contributed by atoms with Crippen LogP contribution in [0.3, 0.4) is 0 Å². The number of amides is 2. The Labute approximate surface area is 291 Å². The Morgan fingerprint density at radius 1 is 1.04 bits per heavy atom. The fraction of sp³-hybridized carbons (Fsp3) is 0.371. The number of benzene rings is 2. The molecule has 0 fully saturated rings. The zero-order valence-electron chi connectivity index (χ0n) is 28.5. The molecular formula is C35H43FN6O5S2. The number of halogens is 1. The molecule has 2 amide bonds. The standard InChI is InChI=1S/C35H43FN6O5S2/c1-23-22-48-32(39-23)21-41(4)34(45)27-14-26(15-29(16-27)42(5)49(6,46)47)33(44)40-30(13-24-10-8-7-9-11-24)31(43)20-38-18-25-12-28(19-37-17-25)35(2,3)36/h7-12,14-17,19,22,30-31,38,43H,13,18,20-21H2,1-6H3,(H,40,44). The lowest BCUT2D eigenvalue weighted by molar-refractivity contribution is 0.0784. The molecule has 0 aliphatic heterocycles. The van der Waals surface area contributed by atoms with E-state index in [1.54, 1.807) is 19.3 Å². The minimum Gasteiger partial charge on any atom is -0.390 e. The molecule has 262 valence electrons. The van der Waals surface area contributed by atoms with Crippen molar-refractivity contribution in [1.29, 1.82) is 0 Å². The van der Waals surface area contributed by atoms with E-state index >= 15 is 0 Å². The number of rotatable bonds is 15. The topological polar surface area (TPSA) is 145 Å². The highest BCUT2D eigenvalue weighted by Crippen LogP contribution is 2.25. The van der Waals surface area contributed by atoms with Gasteiger partial charge in [-0.05, 0) is 62.6 Å². The summed E-state index contributed by atoms with van der Waals surface area (Å²) in [5.41, 5.74) is 1.62. The van der Waals surface area contributed by atoms with Crippen LogP contribution in [-0.2, 0) is 35.2 Å². The number of nitrogens with one attached hydrogen (secondary N) is 2. The molecule has 49 heavy (non-hydrogen) atoms. The second-order valence-electron chi connectivity index (χ2n) is 12.6. The molecule has 4 aromatic rings. The molecule has 0 aliphatic rings. The first-order chi connectivity index (χ1) is 23.0. The van der Waals surface area contributed by atoms with Crippen LogP contribution in [0.4, 0.5) is 10.1 Å². The van der Waals surface area contributed by atoms with E-state index in [1.807, 2.05) is 42.6 Å². The summed E-state index contributed by atoms with van der Waals surface area (Å²) in [5.74, 6) is -1.02. The molecule has 2 aromatic carbocycles. The number of alkyl halides is 1. The highest BCUT2D eigenvalue weighted by Gasteiger charge is 2.26. The largest absolute Gasteiger partial charge is 0.390 e. The maximum atomic E-state index is 14.5. The summed E-state index contributed by atoms with van der Waals surface area (Å²) in [7, 11) is -0.783. The number of sulfonamides is 1. The van der Waals surface area contributed by atoms with E-state index in [2.05, 4.69) is 20.6 Å². The molecule has 0 spiro atoms. The van der Waals surface area contributed by atoms with E-state index in [1.165, 1.54) is 61.5 Å². The third-order valence-electron chi connectivity index (χ3n) is 7.92. The number of aromatic nitrogens is 2. The average Bonchev–Trinajstić information content (AvgIpc) is 3.47. The smallest absolute Gasteiger partial charge is 0.254 e. The number of anilines is 1. The number of carbonyl (C=O) groups excluding carboxylic acids is 2. The van der Waals surface area contributed by atoms with E-state index < -0.39 is 39.7 Å². The monoisotopic (exact) mass is 710 g/mol. The van der Waals surface area contributed by atoms with Crippen molar-refractivity contribution >= 4 is 38.9 Å². The Balaban J connectivity index is 1.58. The number of nitrogens with zero attached hydrogens (tertiary/aromatic N) is 4. The van der Waals surface area contributed by atoms with Gasteiger partial charge in [-0.15, -0.1) is 11.3 Å². The van der Waals surface area contributed by atoms with Crippen LogP contribution in [0.5, 0.6) is 0 Å². The van der Waals surface area contributed by atoms with Crippen LogP contribution in [0, 0.1) is 6.92 Å². The van der Waals surface area contributed by atoms with Crippen LogP contribution in [0.15, 0.2) is 72.4 Å². The van der Waals surface area contributed by atoms with Crippen LogP contribution in [0.2, 0.25) is 0 Å². The fourth-order valence-corrected chi connectivity index (χ4v) is 6.34. The third kappa shape index (κ3) is 10.6. The van der Waals surface area contributed by atoms with Gasteiger partial charge in [-0.3, -0.25) is 18.9 Å². The van der Waals surface area contributed by atoms with Crippen molar-refractivity contribution in [2.24, 2.45) is 0 Å². The van der Waals surface area contributed by atoms with Crippen molar-refractivity contribution in [3.63, 3.8) is 0 Å². The number of thiazole rings is 1. The van der Waals surface area contributed by atoms with E-state index in [9.17, 15) is 27.5 Å². The predicted octanol–water partition coefficient (Wildman–Crippen LogP) is 4.21. The molecule has 14 heteroatoms. The van der Waals surface area contributed by atoms with Gasteiger partial charge in [-0.1, -0.05) is 30.3 Å². The van der Waals surface area contributed by atoms with Gasteiger partial charge in [0, 0.05) is 67.3 Å². The molecule has 2 heterocycles. The van der Waals surface area contributed by atoms with Crippen LogP contribution >= 0.6 is 11.3 Å². The van der Waals surface area contributed by atoms with Gasteiger partial charge in [-0.25, -0.2) is 17.8 Å². The molecule has 0 saturated heterocycles. The van der Waals surface area contributed by atoms with E-state index in [-0.39, 0.29) is 36.3 Å². The van der Waals surface area contributed by atoms with Gasteiger partial charge in [0.2, 0.25) is 10.0 Å². The molecule has 0 saturated carbocycles. The van der Waals surface area contributed by atoms with E-state index in [0.717, 1.165) is 32.4 Å². The summed E-state index contributed by atoms with van der Waals surface area (Å²) >= 11 is 1.42. The van der Waals surface area contributed by atoms with Crippen LogP contribution in [-0.4, -0.2) is 79.2 Å². The summed E-state index contributed by atoms with van der Waals surface area (Å²) in [4.78, 5) is 37.4. The quantitative estimate of drug-likeness (QED) is 0.167. The first kappa shape index (κ1) is 37.6. The van der Waals surface area contributed by atoms with Crippen LogP contribution in [0.25, 0.3) is 0 Å². The van der Waals surface area contributed by atoms with Gasteiger partial charge in [0.1, 0.15) is 10.7 Å². The Hall–Kier alpha value is -4.24.